The van der Waals surface area contributed by atoms with Crippen molar-refractivity contribution in [2.75, 3.05) is 20.2 Å². The molecule has 21 heavy (non-hydrogen) atoms. The maximum Gasteiger partial charge on any atom is 0.251 e. The number of amides is 1. The van der Waals surface area contributed by atoms with Crippen LogP contribution in [0.15, 0.2) is 0 Å². The van der Waals surface area contributed by atoms with E-state index in [1.165, 1.54) is 0 Å². The lowest BCUT2D eigenvalue weighted by molar-refractivity contribution is -0.170. The van der Waals surface area contributed by atoms with Gasteiger partial charge in [-0.25, -0.2) is 0 Å². The Morgan fingerprint density at radius 2 is 2.10 bits per heavy atom. The third-order valence-electron chi connectivity index (χ3n) is 4.95. The molecule has 2 aliphatic rings. The third kappa shape index (κ3) is 3.52. The monoisotopic (exact) mass is 320 g/mol. The number of ether oxygens (including phenoxy) is 2. The predicted molar refractivity (Wildman–Crippen MR) is 84.6 cm³/mol. The molecule has 6 heteroatoms. The second kappa shape index (κ2) is 7.27. The minimum Gasteiger partial charge on any atom is -0.378 e. The lowest BCUT2D eigenvalue weighted by Gasteiger charge is -2.55. The van der Waals surface area contributed by atoms with Crippen LogP contribution in [0.4, 0.5) is 0 Å². The summed E-state index contributed by atoms with van der Waals surface area (Å²) in [4.78, 5) is 14.4. The molecule has 1 aliphatic heterocycles. The molecule has 2 N–H and O–H groups in total. The smallest absolute Gasteiger partial charge is 0.251 e. The fraction of sp³-hybridized carbons (Fsp3) is 0.933. The Balaban J connectivity index is 0.00000220. The number of likely N-dealkylation sites (N-methyl/N-ethyl adjacent to an activating group) is 1. The Kier molecular flexibility index (Phi) is 6.47. The SMILES string of the molecule is CCOC1CC(N(C)C(=O)[C@@H]2CC[C@H](CN)O2)C1(C)C.Cl. The second-order valence-corrected chi connectivity index (χ2v) is 6.53. The number of halogens is 1. The van der Waals surface area contributed by atoms with Crippen molar-refractivity contribution in [2.24, 2.45) is 11.1 Å². The number of hydrogen-bond acceptors (Lipinski definition) is 4. The Morgan fingerprint density at radius 1 is 1.43 bits per heavy atom. The van der Waals surface area contributed by atoms with Crippen LogP contribution in [-0.4, -0.2) is 55.4 Å². The highest BCUT2D eigenvalue weighted by Gasteiger charge is 2.52. The minimum atomic E-state index is -0.310. The van der Waals surface area contributed by atoms with Crippen LogP contribution in [0.3, 0.4) is 0 Å². The Morgan fingerprint density at radius 3 is 2.57 bits per heavy atom. The zero-order chi connectivity index (χ0) is 14.9. The van der Waals surface area contributed by atoms with Crippen LogP contribution in [0, 0.1) is 5.41 Å². The van der Waals surface area contributed by atoms with E-state index >= 15 is 0 Å². The van der Waals surface area contributed by atoms with Gasteiger partial charge in [0.2, 0.25) is 0 Å². The quantitative estimate of drug-likeness (QED) is 0.835. The van der Waals surface area contributed by atoms with Crippen LogP contribution in [0.5, 0.6) is 0 Å². The first-order valence-corrected chi connectivity index (χ1v) is 7.65. The summed E-state index contributed by atoms with van der Waals surface area (Å²) in [5.74, 6) is 0.0916. The average Bonchev–Trinajstić information content (AvgIpc) is 2.90. The van der Waals surface area contributed by atoms with Gasteiger partial charge in [-0.2, -0.15) is 0 Å². The second-order valence-electron chi connectivity index (χ2n) is 6.53. The van der Waals surface area contributed by atoms with E-state index in [1.807, 2.05) is 18.9 Å². The van der Waals surface area contributed by atoms with E-state index in [0.717, 1.165) is 25.9 Å². The summed E-state index contributed by atoms with van der Waals surface area (Å²) >= 11 is 0. The Hall–Kier alpha value is -0.360. The van der Waals surface area contributed by atoms with Gasteiger partial charge in [0.1, 0.15) is 6.10 Å². The summed E-state index contributed by atoms with van der Waals surface area (Å²) in [6.07, 6.45) is 2.56. The molecule has 1 saturated heterocycles. The molecule has 0 aromatic carbocycles. The molecular weight excluding hydrogens is 292 g/mol. The van der Waals surface area contributed by atoms with Crippen molar-refractivity contribution in [3.63, 3.8) is 0 Å². The van der Waals surface area contributed by atoms with Crippen molar-refractivity contribution in [3.05, 3.63) is 0 Å². The van der Waals surface area contributed by atoms with Gasteiger partial charge in [-0.3, -0.25) is 4.79 Å². The van der Waals surface area contributed by atoms with E-state index in [4.69, 9.17) is 15.2 Å². The molecule has 0 aromatic rings. The van der Waals surface area contributed by atoms with Crippen molar-refractivity contribution in [3.8, 4) is 0 Å². The molecule has 0 spiro atoms. The highest BCUT2D eigenvalue weighted by Crippen LogP contribution is 2.45. The number of carbonyl (C=O) groups is 1. The van der Waals surface area contributed by atoms with Crippen LogP contribution in [0.1, 0.15) is 40.0 Å². The lowest BCUT2D eigenvalue weighted by atomic mass is 9.63. The van der Waals surface area contributed by atoms with Gasteiger partial charge < -0.3 is 20.1 Å². The van der Waals surface area contributed by atoms with Crippen molar-refractivity contribution in [1.29, 1.82) is 0 Å². The number of rotatable bonds is 5. The number of carbonyl (C=O) groups excluding carboxylic acids is 1. The first kappa shape index (κ1) is 18.7. The summed E-state index contributed by atoms with van der Waals surface area (Å²) in [5.41, 5.74) is 5.60. The maximum atomic E-state index is 12.5. The highest BCUT2D eigenvalue weighted by molar-refractivity contribution is 5.85. The first-order chi connectivity index (χ1) is 9.41. The van der Waals surface area contributed by atoms with E-state index in [9.17, 15) is 4.79 Å². The Labute approximate surface area is 133 Å². The topological polar surface area (TPSA) is 64.8 Å². The Bertz CT molecular complexity index is 365. The summed E-state index contributed by atoms with van der Waals surface area (Å²) in [7, 11) is 1.88. The zero-order valence-corrected chi connectivity index (χ0v) is 14.3. The summed E-state index contributed by atoms with van der Waals surface area (Å²) < 4.78 is 11.4. The molecule has 1 heterocycles. The van der Waals surface area contributed by atoms with Crippen molar-refractivity contribution in [1.82, 2.24) is 4.90 Å². The molecule has 5 nitrogen and oxygen atoms in total. The van der Waals surface area contributed by atoms with Crippen LogP contribution in [-0.2, 0) is 14.3 Å². The average molecular weight is 321 g/mol. The van der Waals surface area contributed by atoms with Gasteiger partial charge in [-0.15, -0.1) is 12.4 Å². The number of nitrogens with two attached hydrogens (primary N) is 1. The maximum absolute atomic E-state index is 12.5. The molecule has 0 aromatic heterocycles. The largest absolute Gasteiger partial charge is 0.378 e. The fourth-order valence-corrected chi connectivity index (χ4v) is 3.45. The molecule has 2 fully saturated rings. The first-order valence-electron chi connectivity index (χ1n) is 7.65. The van der Waals surface area contributed by atoms with Crippen molar-refractivity contribution in [2.45, 2.75) is 64.4 Å². The van der Waals surface area contributed by atoms with E-state index in [1.54, 1.807) is 0 Å². The van der Waals surface area contributed by atoms with Gasteiger partial charge in [-0.05, 0) is 26.2 Å². The van der Waals surface area contributed by atoms with Gasteiger partial charge in [0, 0.05) is 31.7 Å². The van der Waals surface area contributed by atoms with Crippen LogP contribution >= 0.6 is 12.4 Å². The van der Waals surface area contributed by atoms with E-state index < -0.39 is 0 Å². The zero-order valence-electron chi connectivity index (χ0n) is 13.5. The molecule has 0 radical (unpaired) electrons. The van der Waals surface area contributed by atoms with Gasteiger partial charge in [0.15, 0.2) is 0 Å². The predicted octanol–water partition coefficient (Wildman–Crippen LogP) is 1.58. The summed E-state index contributed by atoms with van der Waals surface area (Å²) in [5, 5.41) is 0. The van der Waals surface area contributed by atoms with Crippen LogP contribution < -0.4 is 5.73 Å². The van der Waals surface area contributed by atoms with Crippen LogP contribution in [0.2, 0.25) is 0 Å². The van der Waals surface area contributed by atoms with Gasteiger partial charge in [0.25, 0.3) is 5.91 Å². The molecular formula is C15H29ClN2O3. The van der Waals surface area contributed by atoms with Gasteiger partial charge in [-0.1, -0.05) is 13.8 Å². The third-order valence-corrected chi connectivity index (χ3v) is 4.95. The molecule has 4 atom stereocenters. The normalized spacial score (nSPS) is 34.0. The molecule has 2 unspecified atom stereocenters. The molecule has 0 bridgehead atoms. The number of nitrogens with zero attached hydrogens (tertiary/aromatic N) is 1. The van der Waals surface area contributed by atoms with Gasteiger partial charge in [0.05, 0.1) is 12.2 Å². The molecule has 1 amide bonds. The lowest BCUT2D eigenvalue weighted by Crippen LogP contribution is -2.63. The molecule has 1 saturated carbocycles. The van der Waals surface area contributed by atoms with Crippen molar-refractivity contribution < 1.29 is 14.3 Å². The summed E-state index contributed by atoms with van der Waals surface area (Å²) in [6, 6.07) is 0.229. The highest BCUT2D eigenvalue weighted by atomic mass is 35.5. The fourth-order valence-electron chi connectivity index (χ4n) is 3.45. The summed E-state index contributed by atoms with van der Waals surface area (Å²) in [6.45, 7) is 7.57. The minimum absolute atomic E-state index is 0. The molecule has 1 aliphatic carbocycles. The van der Waals surface area contributed by atoms with Crippen molar-refractivity contribution >= 4 is 18.3 Å². The van der Waals surface area contributed by atoms with E-state index in [2.05, 4.69) is 13.8 Å². The molecule has 124 valence electrons. The standard InChI is InChI=1S/C15H28N2O3.ClH/c1-5-19-13-8-12(15(13,2)3)17(4)14(18)11-7-6-10(9-16)20-11;/h10-13H,5-9,16H2,1-4H3;1H/t10-,11+,12?,13?;/m1./s1. The van der Waals surface area contributed by atoms with Gasteiger partial charge >= 0.3 is 0 Å². The molecule has 2 rings (SSSR count). The number of hydrogen-bond donors (Lipinski definition) is 1. The van der Waals surface area contributed by atoms with E-state index in [0.29, 0.717) is 6.54 Å². The van der Waals surface area contributed by atoms with E-state index in [-0.39, 0.29) is 48.1 Å². The van der Waals surface area contributed by atoms with Crippen LogP contribution in [0.25, 0.3) is 0 Å².